The molecular formula is C22H20ClN3O4S2. The van der Waals surface area contributed by atoms with Crippen molar-refractivity contribution in [1.29, 1.82) is 0 Å². The minimum Gasteiger partial charge on any atom is -0.495 e. The molecule has 1 N–H and O–H groups in total. The van der Waals surface area contributed by atoms with Crippen molar-refractivity contribution in [3.63, 3.8) is 0 Å². The van der Waals surface area contributed by atoms with Gasteiger partial charge in [0.25, 0.3) is 5.56 Å². The molecule has 0 aliphatic heterocycles. The van der Waals surface area contributed by atoms with E-state index < -0.39 is 0 Å². The highest BCUT2D eigenvalue weighted by Gasteiger charge is 2.18. The number of halogens is 1. The monoisotopic (exact) mass is 489 g/mol. The fraction of sp³-hybridized carbons (Fsp3) is 0.227. The fourth-order valence-corrected chi connectivity index (χ4v) is 5.31. The number of hydrogen-bond acceptors (Lipinski definition) is 7. The van der Waals surface area contributed by atoms with Gasteiger partial charge in [0, 0.05) is 10.6 Å². The number of carbonyl (C=O) groups is 1. The maximum atomic E-state index is 13.3. The minimum atomic E-state index is -0.242. The maximum Gasteiger partial charge on any atom is 0.263 e. The van der Waals surface area contributed by atoms with Crippen LogP contribution in [0.5, 0.6) is 5.75 Å². The van der Waals surface area contributed by atoms with Crippen LogP contribution in [-0.2, 0) is 11.3 Å². The molecular weight excluding hydrogens is 470 g/mol. The Morgan fingerprint density at radius 2 is 2.16 bits per heavy atom. The molecule has 0 aliphatic carbocycles. The van der Waals surface area contributed by atoms with Gasteiger partial charge in [-0.3, -0.25) is 14.2 Å². The van der Waals surface area contributed by atoms with Crippen molar-refractivity contribution in [2.45, 2.75) is 25.5 Å². The number of nitrogens with zero attached hydrogens (tertiary/aromatic N) is 2. The molecule has 10 heteroatoms. The van der Waals surface area contributed by atoms with Gasteiger partial charge >= 0.3 is 0 Å². The van der Waals surface area contributed by atoms with Crippen LogP contribution in [0.4, 0.5) is 5.69 Å². The van der Waals surface area contributed by atoms with Crippen molar-refractivity contribution in [3.8, 4) is 5.75 Å². The molecule has 0 radical (unpaired) electrons. The summed E-state index contributed by atoms with van der Waals surface area (Å²) < 4.78 is 12.1. The summed E-state index contributed by atoms with van der Waals surface area (Å²) in [6.07, 6.45) is 1.56. The molecule has 0 atom stereocenters. The van der Waals surface area contributed by atoms with Crippen LogP contribution in [-0.4, -0.2) is 28.3 Å². The molecule has 0 saturated heterocycles. The zero-order valence-corrected chi connectivity index (χ0v) is 20.0. The van der Waals surface area contributed by atoms with Crippen molar-refractivity contribution in [2.24, 2.45) is 0 Å². The van der Waals surface area contributed by atoms with Gasteiger partial charge in [-0.15, -0.1) is 11.3 Å². The summed E-state index contributed by atoms with van der Waals surface area (Å²) in [5.74, 6) is 0.994. The van der Waals surface area contributed by atoms with Gasteiger partial charge in [-0.25, -0.2) is 4.98 Å². The van der Waals surface area contributed by atoms with Crippen LogP contribution in [0.2, 0.25) is 5.02 Å². The highest BCUT2D eigenvalue weighted by atomic mass is 35.5. The van der Waals surface area contributed by atoms with Gasteiger partial charge in [-0.2, -0.15) is 0 Å². The molecule has 4 rings (SSSR count). The number of aromatic nitrogens is 2. The van der Waals surface area contributed by atoms with E-state index in [1.807, 2.05) is 13.8 Å². The average molecular weight is 490 g/mol. The second kappa shape index (κ2) is 9.40. The van der Waals surface area contributed by atoms with Crippen LogP contribution in [0, 0.1) is 13.8 Å². The molecule has 3 heterocycles. The molecule has 166 valence electrons. The number of rotatable bonds is 7. The summed E-state index contributed by atoms with van der Waals surface area (Å²) >= 11 is 8.80. The Hall–Kier alpha value is -2.75. The Bertz CT molecular complexity index is 1350. The van der Waals surface area contributed by atoms with Gasteiger partial charge < -0.3 is 14.5 Å². The first-order chi connectivity index (χ1) is 15.4. The highest BCUT2D eigenvalue weighted by Crippen LogP contribution is 2.29. The second-order valence-electron chi connectivity index (χ2n) is 7.01. The smallest absolute Gasteiger partial charge is 0.263 e. The summed E-state index contributed by atoms with van der Waals surface area (Å²) in [6, 6.07) is 8.59. The number of nitrogens with one attached hydrogen (secondary N) is 1. The largest absolute Gasteiger partial charge is 0.495 e. The first-order valence-corrected chi connectivity index (χ1v) is 11.8. The van der Waals surface area contributed by atoms with E-state index in [-0.39, 0.29) is 23.8 Å². The molecule has 32 heavy (non-hydrogen) atoms. The Morgan fingerprint density at radius 1 is 1.34 bits per heavy atom. The zero-order chi connectivity index (χ0) is 22.8. The van der Waals surface area contributed by atoms with E-state index in [2.05, 4.69) is 5.32 Å². The SMILES string of the molecule is COc1ccc(NC(=O)CSc2nc3sc(C)c(C)c3c(=O)n2Cc2ccco2)cc1Cl. The molecule has 1 aromatic carbocycles. The zero-order valence-electron chi connectivity index (χ0n) is 17.6. The van der Waals surface area contributed by atoms with Gasteiger partial charge in [0.1, 0.15) is 16.3 Å². The van der Waals surface area contributed by atoms with Crippen LogP contribution in [0.25, 0.3) is 10.2 Å². The minimum absolute atomic E-state index is 0.0725. The quantitative estimate of drug-likeness (QED) is 0.287. The summed E-state index contributed by atoms with van der Waals surface area (Å²) in [6.45, 7) is 4.13. The maximum absolute atomic E-state index is 13.3. The Kier molecular flexibility index (Phi) is 6.59. The molecule has 7 nitrogen and oxygen atoms in total. The summed E-state index contributed by atoms with van der Waals surface area (Å²) in [4.78, 5) is 32.3. The van der Waals surface area contributed by atoms with Gasteiger partial charge in [0.15, 0.2) is 5.16 Å². The summed E-state index contributed by atoms with van der Waals surface area (Å²) in [5, 5.41) is 4.28. The number of methoxy groups -OCH3 is 1. The number of fused-ring (bicyclic) bond motifs is 1. The fourth-order valence-electron chi connectivity index (χ4n) is 3.19. The van der Waals surface area contributed by atoms with E-state index in [4.69, 9.17) is 25.7 Å². The van der Waals surface area contributed by atoms with Crippen LogP contribution < -0.4 is 15.6 Å². The van der Waals surface area contributed by atoms with Crippen LogP contribution in [0.1, 0.15) is 16.2 Å². The number of hydrogen-bond donors (Lipinski definition) is 1. The van der Waals surface area contributed by atoms with Crippen molar-refractivity contribution in [3.05, 3.63) is 68.2 Å². The molecule has 0 bridgehead atoms. The first kappa shape index (κ1) is 22.4. The molecule has 4 aromatic rings. The first-order valence-electron chi connectivity index (χ1n) is 9.66. The lowest BCUT2D eigenvalue weighted by molar-refractivity contribution is -0.113. The lowest BCUT2D eigenvalue weighted by atomic mass is 10.2. The second-order valence-corrected chi connectivity index (χ2v) is 9.57. The third-order valence-corrected chi connectivity index (χ3v) is 7.29. The summed E-state index contributed by atoms with van der Waals surface area (Å²) in [7, 11) is 1.53. The van der Waals surface area contributed by atoms with Gasteiger partial charge in [-0.05, 0) is 49.7 Å². The highest BCUT2D eigenvalue weighted by molar-refractivity contribution is 7.99. The molecule has 0 saturated carbocycles. The molecule has 0 aliphatic rings. The van der Waals surface area contributed by atoms with Crippen molar-refractivity contribution >= 4 is 56.5 Å². The van der Waals surface area contributed by atoms with Crippen molar-refractivity contribution < 1.29 is 13.9 Å². The van der Waals surface area contributed by atoms with Crippen LogP contribution in [0.3, 0.4) is 0 Å². The van der Waals surface area contributed by atoms with E-state index in [0.29, 0.717) is 37.6 Å². The molecule has 3 aromatic heterocycles. The Balaban J connectivity index is 1.59. The molecule has 0 fully saturated rings. The molecule has 0 unspecified atom stereocenters. The van der Waals surface area contributed by atoms with E-state index in [1.165, 1.54) is 30.2 Å². The normalized spacial score (nSPS) is 11.1. The van der Waals surface area contributed by atoms with Crippen LogP contribution >= 0.6 is 34.7 Å². The number of benzene rings is 1. The third kappa shape index (κ3) is 4.55. The van der Waals surface area contributed by atoms with E-state index in [1.54, 1.807) is 41.2 Å². The van der Waals surface area contributed by atoms with Gasteiger partial charge in [-0.1, -0.05) is 23.4 Å². The number of thioether (sulfide) groups is 1. The van der Waals surface area contributed by atoms with Crippen molar-refractivity contribution in [1.82, 2.24) is 9.55 Å². The Labute approximate surface area is 197 Å². The number of amides is 1. The Morgan fingerprint density at radius 3 is 2.84 bits per heavy atom. The van der Waals surface area contributed by atoms with Gasteiger partial charge in [0.2, 0.25) is 5.91 Å². The topological polar surface area (TPSA) is 86.4 Å². The standard InChI is InChI=1S/C22H20ClN3O4S2/c1-12-13(2)32-20-19(12)21(28)26(10-15-5-4-8-30-15)22(25-20)31-11-18(27)24-14-6-7-17(29-3)16(23)9-14/h4-9H,10-11H2,1-3H3,(H,24,27). The van der Waals surface area contributed by atoms with Crippen molar-refractivity contribution in [2.75, 3.05) is 18.2 Å². The van der Waals surface area contributed by atoms with E-state index in [0.717, 1.165) is 10.4 Å². The van der Waals surface area contributed by atoms with Gasteiger partial charge in [0.05, 0.1) is 36.1 Å². The lowest BCUT2D eigenvalue weighted by Crippen LogP contribution is -2.24. The number of carbonyl (C=O) groups excluding carboxylic acids is 1. The number of ether oxygens (including phenoxy) is 1. The summed E-state index contributed by atoms with van der Waals surface area (Å²) in [5.41, 5.74) is 1.35. The van der Waals surface area contributed by atoms with E-state index >= 15 is 0 Å². The van der Waals surface area contributed by atoms with E-state index in [9.17, 15) is 9.59 Å². The predicted octanol–water partition coefficient (Wildman–Crippen LogP) is 5.11. The molecule has 0 spiro atoms. The lowest BCUT2D eigenvalue weighted by Gasteiger charge is -2.12. The number of anilines is 1. The number of aryl methyl sites for hydroxylation is 2. The van der Waals surface area contributed by atoms with Crippen LogP contribution in [0.15, 0.2) is 51.0 Å². The molecule has 1 amide bonds. The number of furan rings is 1. The average Bonchev–Trinajstić information content (AvgIpc) is 3.37. The third-order valence-electron chi connectivity index (χ3n) is 4.92. The number of thiophene rings is 1. The predicted molar refractivity (Wildman–Crippen MR) is 129 cm³/mol.